The van der Waals surface area contributed by atoms with Gasteiger partial charge in [0.15, 0.2) is 0 Å². The highest BCUT2D eigenvalue weighted by molar-refractivity contribution is 5.88. The van der Waals surface area contributed by atoms with Crippen LogP contribution in [-0.4, -0.2) is 15.6 Å². The van der Waals surface area contributed by atoms with Gasteiger partial charge in [0, 0.05) is 16.8 Å². The van der Waals surface area contributed by atoms with Crippen LogP contribution in [0.1, 0.15) is 56.9 Å². The number of hydrogen-bond acceptors (Lipinski definition) is 1. The maximum atomic E-state index is 13.9. The molecule has 3 aromatic rings. The molecule has 0 unspecified atom stereocenters. The summed E-state index contributed by atoms with van der Waals surface area (Å²) in [5.41, 5.74) is 4.17. The fraction of sp³-hybridized carbons (Fsp3) is 0.375. The second-order valence-corrected chi connectivity index (χ2v) is 8.49. The van der Waals surface area contributed by atoms with Gasteiger partial charge in [0.05, 0.1) is 10.9 Å². The summed E-state index contributed by atoms with van der Waals surface area (Å²) < 4.78 is 16.1. The second-order valence-electron chi connectivity index (χ2n) is 8.49. The van der Waals surface area contributed by atoms with Gasteiger partial charge in [-0.2, -0.15) is 0 Å². The normalized spacial score (nSPS) is 12.1. The van der Waals surface area contributed by atoms with Crippen LogP contribution in [0, 0.1) is 18.2 Å². The van der Waals surface area contributed by atoms with E-state index in [1.807, 2.05) is 24.3 Å². The molecular weight excluding hydrogens is 353 g/mol. The van der Waals surface area contributed by atoms with Gasteiger partial charge in [-0.1, -0.05) is 32.0 Å². The number of halogens is 1. The van der Waals surface area contributed by atoms with Crippen LogP contribution in [0.25, 0.3) is 16.6 Å². The summed E-state index contributed by atoms with van der Waals surface area (Å²) in [6.45, 7) is 9.61. The van der Waals surface area contributed by atoms with Gasteiger partial charge < -0.3 is 9.67 Å². The standard InChI is InChI=1S/C24H28FNO2/c1-15(2)22-19(12-13-24(4,5)23(27)28)18-8-6-7-9-21(18)26(22)17-10-11-20(25)16(3)14-17/h6-11,14-15H,12-13H2,1-5H3,(H,27,28). The van der Waals surface area contributed by atoms with E-state index in [9.17, 15) is 14.3 Å². The van der Waals surface area contributed by atoms with Gasteiger partial charge >= 0.3 is 5.97 Å². The Kier molecular flexibility index (Phi) is 5.33. The number of hydrogen-bond donors (Lipinski definition) is 1. The number of carboxylic acid groups (broad SMARTS) is 1. The predicted molar refractivity (Wildman–Crippen MR) is 112 cm³/mol. The molecule has 0 aliphatic heterocycles. The monoisotopic (exact) mass is 381 g/mol. The third kappa shape index (κ3) is 3.56. The summed E-state index contributed by atoms with van der Waals surface area (Å²) in [7, 11) is 0. The largest absolute Gasteiger partial charge is 0.481 e. The lowest BCUT2D eigenvalue weighted by Gasteiger charge is -2.20. The number of carboxylic acids is 1. The minimum Gasteiger partial charge on any atom is -0.481 e. The van der Waals surface area contributed by atoms with E-state index in [0.29, 0.717) is 18.4 Å². The number of aromatic nitrogens is 1. The van der Waals surface area contributed by atoms with Crippen molar-refractivity contribution in [2.45, 2.75) is 53.4 Å². The highest BCUT2D eigenvalue weighted by atomic mass is 19.1. The molecule has 2 aromatic carbocycles. The smallest absolute Gasteiger partial charge is 0.309 e. The molecule has 0 aliphatic carbocycles. The predicted octanol–water partition coefficient (Wildman–Crippen LogP) is 6.24. The average Bonchev–Trinajstić information content (AvgIpc) is 2.97. The molecule has 148 valence electrons. The first-order valence-electron chi connectivity index (χ1n) is 9.75. The molecule has 0 saturated heterocycles. The first kappa shape index (κ1) is 20.1. The van der Waals surface area contributed by atoms with E-state index in [0.717, 1.165) is 22.3 Å². The molecule has 0 bridgehead atoms. The van der Waals surface area contributed by atoms with Crippen molar-refractivity contribution >= 4 is 16.9 Å². The fourth-order valence-electron chi connectivity index (χ4n) is 3.79. The lowest BCUT2D eigenvalue weighted by molar-refractivity contribution is -0.147. The van der Waals surface area contributed by atoms with Crippen molar-refractivity contribution in [1.29, 1.82) is 0 Å². The maximum absolute atomic E-state index is 13.9. The van der Waals surface area contributed by atoms with Crippen LogP contribution >= 0.6 is 0 Å². The van der Waals surface area contributed by atoms with Crippen molar-refractivity contribution in [1.82, 2.24) is 4.57 Å². The number of benzene rings is 2. The topological polar surface area (TPSA) is 42.2 Å². The Labute approximate surface area is 165 Å². The van der Waals surface area contributed by atoms with Crippen LogP contribution in [-0.2, 0) is 11.2 Å². The molecule has 0 saturated carbocycles. The van der Waals surface area contributed by atoms with E-state index in [4.69, 9.17) is 0 Å². The third-order valence-electron chi connectivity index (χ3n) is 5.55. The number of aryl methyl sites for hydroxylation is 2. The molecule has 0 amide bonds. The van der Waals surface area contributed by atoms with Crippen LogP contribution in [0.3, 0.4) is 0 Å². The van der Waals surface area contributed by atoms with Crippen LogP contribution in [0.15, 0.2) is 42.5 Å². The number of aliphatic carboxylic acids is 1. The molecule has 0 aliphatic rings. The molecule has 28 heavy (non-hydrogen) atoms. The quantitative estimate of drug-likeness (QED) is 0.549. The Hall–Kier alpha value is -2.62. The van der Waals surface area contributed by atoms with E-state index in [-0.39, 0.29) is 11.7 Å². The third-order valence-corrected chi connectivity index (χ3v) is 5.55. The second kappa shape index (κ2) is 7.42. The van der Waals surface area contributed by atoms with E-state index >= 15 is 0 Å². The Morgan fingerprint density at radius 2 is 1.86 bits per heavy atom. The molecule has 1 N–H and O–H groups in total. The van der Waals surface area contributed by atoms with Crippen molar-refractivity contribution in [3.05, 3.63) is 65.1 Å². The van der Waals surface area contributed by atoms with Crippen LogP contribution in [0.5, 0.6) is 0 Å². The number of fused-ring (bicyclic) bond motifs is 1. The van der Waals surface area contributed by atoms with Crippen molar-refractivity contribution < 1.29 is 14.3 Å². The van der Waals surface area contributed by atoms with E-state index < -0.39 is 11.4 Å². The SMILES string of the molecule is Cc1cc(-n2c(C(C)C)c(CCC(C)(C)C(=O)O)c3ccccc32)ccc1F. The summed E-state index contributed by atoms with van der Waals surface area (Å²) in [5, 5.41) is 10.6. The van der Waals surface area contributed by atoms with Crippen LogP contribution in [0.4, 0.5) is 4.39 Å². The molecule has 1 heterocycles. The highest BCUT2D eigenvalue weighted by Crippen LogP contribution is 2.37. The first-order valence-corrected chi connectivity index (χ1v) is 9.75. The average molecular weight is 381 g/mol. The molecular formula is C24H28FNO2. The van der Waals surface area contributed by atoms with Crippen molar-refractivity contribution in [3.63, 3.8) is 0 Å². The molecule has 0 spiro atoms. The minimum atomic E-state index is -0.788. The lowest BCUT2D eigenvalue weighted by atomic mass is 9.85. The highest BCUT2D eigenvalue weighted by Gasteiger charge is 2.29. The summed E-state index contributed by atoms with van der Waals surface area (Å²) in [6, 6.07) is 13.4. The summed E-state index contributed by atoms with van der Waals surface area (Å²) in [6.07, 6.45) is 1.24. The molecule has 3 rings (SSSR count). The van der Waals surface area contributed by atoms with Crippen molar-refractivity contribution in [3.8, 4) is 5.69 Å². The molecule has 0 atom stereocenters. The number of nitrogens with zero attached hydrogens (tertiary/aromatic N) is 1. The number of para-hydroxylation sites is 1. The van der Waals surface area contributed by atoms with E-state index in [1.54, 1.807) is 20.8 Å². The summed E-state index contributed by atoms with van der Waals surface area (Å²) in [5.74, 6) is -0.757. The summed E-state index contributed by atoms with van der Waals surface area (Å²) in [4.78, 5) is 11.6. The molecule has 1 aromatic heterocycles. The van der Waals surface area contributed by atoms with Gasteiger partial charge in [0.2, 0.25) is 0 Å². The van der Waals surface area contributed by atoms with E-state index in [2.05, 4.69) is 30.5 Å². The Morgan fingerprint density at radius 3 is 2.46 bits per heavy atom. The first-order chi connectivity index (χ1) is 13.1. The maximum Gasteiger partial charge on any atom is 0.309 e. The van der Waals surface area contributed by atoms with Gasteiger partial charge in [-0.3, -0.25) is 4.79 Å². The van der Waals surface area contributed by atoms with Gasteiger partial charge in [0.25, 0.3) is 0 Å². The molecule has 3 nitrogen and oxygen atoms in total. The number of rotatable bonds is 6. The van der Waals surface area contributed by atoms with E-state index in [1.165, 1.54) is 11.6 Å². The molecule has 0 radical (unpaired) electrons. The lowest BCUT2D eigenvalue weighted by Crippen LogP contribution is -2.24. The molecule has 4 heteroatoms. The van der Waals surface area contributed by atoms with Crippen molar-refractivity contribution in [2.24, 2.45) is 5.41 Å². The van der Waals surface area contributed by atoms with Crippen LogP contribution in [0.2, 0.25) is 0 Å². The van der Waals surface area contributed by atoms with Crippen molar-refractivity contribution in [2.75, 3.05) is 0 Å². The minimum absolute atomic E-state index is 0.213. The fourth-order valence-corrected chi connectivity index (χ4v) is 3.79. The van der Waals surface area contributed by atoms with Gasteiger partial charge in [-0.15, -0.1) is 0 Å². The van der Waals surface area contributed by atoms with Crippen LogP contribution < -0.4 is 0 Å². The zero-order chi connectivity index (χ0) is 20.6. The van der Waals surface area contributed by atoms with Gasteiger partial charge in [-0.25, -0.2) is 4.39 Å². The van der Waals surface area contributed by atoms with Gasteiger partial charge in [-0.05, 0) is 74.9 Å². The Morgan fingerprint density at radius 1 is 1.18 bits per heavy atom. The Balaban J connectivity index is 2.23. The zero-order valence-corrected chi connectivity index (χ0v) is 17.2. The summed E-state index contributed by atoms with van der Waals surface area (Å²) >= 11 is 0. The zero-order valence-electron chi connectivity index (χ0n) is 17.2. The molecule has 0 fully saturated rings. The number of carbonyl (C=O) groups is 1. The van der Waals surface area contributed by atoms with Gasteiger partial charge in [0.1, 0.15) is 5.82 Å². The Bertz CT molecular complexity index is 1030.